The first-order valence-electron chi connectivity index (χ1n) is 6.49. The van der Waals surface area contributed by atoms with Gasteiger partial charge in [0.1, 0.15) is 11.4 Å². The molecule has 110 valence electrons. The molecule has 0 aromatic heterocycles. The summed E-state index contributed by atoms with van der Waals surface area (Å²) in [4.78, 5) is 16.4. The summed E-state index contributed by atoms with van der Waals surface area (Å²) in [6.45, 7) is 6.16. The number of carbonyl (C=O) groups is 1. The van der Waals surface area contributed by atoms with Crippen molar-refractivity contribution in [1.29, 1.82) is 0 Å². The summed E-state index contributed by atoms with van der Waals surface area (Å²) in [5, 5.41) is 1.09. The molecule has 1 aromatic carbocycles. The van der Waals surface area contributed by atoms with Gasteiger partial charge in [-0.05, 0) is 32.4 Å². The maximum Gasteiger partial charge on any atom is 0.359 e. The number of hydrogen-bond acceptors (Lipinski definition) is 4. The van der Waals surface area contributed by atoms with Crippen molar-refractivity contribution in [1.82, 2.24) is 10.5 Å². The van der Waals surface area contributed by atoms with Crippen LogP contribution in [0.5, 0.6) is 5.75 Å². The third-order valence-electron chi connectivity index (χ3n) is 3.34. The van der Waals surface area contributed by atoms with Gasteiger partial charge in [0.25, 0.3) is 0 Å². The standard InChI is InChI=1S/C14H21N3O3/c1-9-6-7-11(15-16-13(18)17(4)19-5)12-10(9)8-14(2,3)20-12/h6-7,15H,8H2,1-5H3,(H,16,18). The predicted octanol–water partition coefficient (Wildman–Crippen LogP) is 2.24. The Balaban J connectivity index is 2.15. The minimum absolute atomic E-state index is 0.224. The van der Waals surface area contributed by atoms with E-state index in [2.05, 4.69) is 17.8 Å². The lowest BCUT2D eigenvalue weighted by molar-refractivity contribution is -0.0641. The molecular formula is C14H21N3O3. The molecule has 0 unspecified atom stereocenters. The van der Waals surface area contributed by atoms with Crippen LogP contribution in [0.2, 0.25) is 0 Å². The minimum atomic E-state index is -0.390. The number of nitrogens with zero attached hydrogens (tertiary/aromatic N) is 1. The molecule has 1 heterocycles. The van der Waals surface area contributed by atoms with Gasteiger partial charge in [0.05, 0.1) is 12.8 Å². The second kappa shape index (κ2) is 5.20. The number of ether oxygens (including phenoxy) is 1. The van der Waals surface area contributed by atoms with E-state index >= 15 is 0 Å². The summed E-state index contributed by atoms with van der Waals surface area (Å²) in [6.07, 6.45) is 0.857. The maximum absolute atomic E-state index is 11.6. The van der Waals surface area contributed by atoms with Gasteiger partial charge in [-0.2, -0.15) is 0 Å². The molecule has 6 heteroatoms. The fourth-order valence-corrected chi connectivity index (χ4v) is 2.18. The normalized spacial score (nSPS) is 15.2. The highest BCUT2D eigenvalue weighted by molar-refractivity contribution is 5.75. The van der Waals surface area contributed by atoms with E-state index in [-0.39, 0.29) is 11.6 Å². The van der Waals surface area contributed by atoms with Crippen LogP contribution >= 0.6 is 0 Å². The fraction of sp³-hybridized carbons (Fsp3) is 0.500. The van der Waals surface area contributed by atoms with Crippen molar-refractivity contribution in [3.8, 4) is 5.75 Å². The van der Waals surface area contributed by atoms with E-state index < -0.39 is 0 Å². The third kappa shape index (κ3) is 2.80. The monoisotopic (exact) mass is 279 g/mol. The number of carbonyl (C=O) groups excluding carboxylic acids is 1. The Morgan fingerprint density at radius 2 is 2.15 bits per heavy atom. The Labute approximate surface area is 119 Å². The van der Waals surface area contributed by atoms with Crippen LogP contribution in [-0.4, -0.2) is 30.9 Å². The lowest BCUT2D eigenvalue weighted by atomic mass is 9.98. The van der Waals surface area contributed by atoms with Gasteiger partial charge in [-0.1, -0.05) is 6.07 Å². The van der Waals surface area contributed by atoms with E-state index in [1.165, 1.54) is 25.3 Å². The molecule has 0 spiro atoms. The second-order valence-corrected chi connectivity index (χ2v) is 5.51. The molecule has 2 N–H and O–H groups in total. The van der Waals surface area contributed by atoms with Crippen LogP contribution in [0.25, 0.3) is 0 Å². The van der Waals surface area contributed by atoms with Crippen LogP contribution in [-0.2, 0) is 11.3 Å². The minimum Gasteiger partial charge on any atom is -0.485 e. The SMILES string of the molecule is CON(C)C(=O)NNc1ccc(C)c2c1OC(C)(C)C2. The van der Waals surface area contributed by atoms with E-state index in [0.29, 0.717) is 0 Å². The summed E-state index contributed by atoms with van der Waals surface area (Å²) < 4.78 is 5.97. The molecule has 1 aromatic rings. The van der Waals surface area contributed by atoms with Crippen LogP contribution in [0.3, 0.4) is 0 Å². The molecule has 20 heavy (non-hydrogen) atoms. The average molecular weight is 279 g/mol. The van der Waals surface area contributed by atoms with Gasteiger partial charge >= 0.3 is 6.03 Å². The molecule has 0 bridgehead atoms. The molecule has 2 amide bonds. The van der Waals surface area contributed by atoms with Crippen LogP contribution in [0.4, 0.5) is 10.5 Å². The lowest BCUT2D eigenvalue weighted by Gasteiger charge is -2.20. The van der Waals surface area contributed by atoms with E-state index in [1.807, 2.05) is 26.0 Å². The highest BCUT2D eigenvalue weighted by Crippen LogP contribution is 2.41. The van der Waals surface area contributed by atoms with Crippen molar-refractivity contribution >= 4 is 11.7 Å². The Kier molecular flexibility index (Phi) is 3.76. The smallest absolute Gasteiger partial charge is 0.359 e. The van der Waals surface area contributed by atoms with Gasteiger partial charge in [-0.15, -0.1) is 0 Å². The molecule has 1 aliphatic heterocycles. The molecule has 0 atom stereocenters. The molecule has 2 rings (SSSR count). The van der Waals surface area contributed by atoms with Gasteiger partial charge in [0.2, 0.25) is 0 Å². The number of hydrogen-bond donors (Lipinski definition) is 2. The van der Waals surface area contributed by atoms with Crippen LogP contribution in [0, 0.1) is 6.92 Å². The summed E-state index contributed by atoms with van der Waals surface area (Å²) >= 11 is 0. The van der Waals surface area contributed by atoms with Crippen molar-refractivity contribution in [2.45, 2.75) is 32.8 Å². The van der Waals surface area contributed by atoms with Gasteiger partial charge in [-0.3, -0.25) is 10.3 Å². The number of fused-ring (bicyclic) bond motifs is 1. The summed E-state index contributed by atoms with van der Waals surface area (Å²) in [7, 11) is 2.95. The first kappa shape index (κ1) is 14.5. The van der Waals surface area contributed by atoms with Gasteiger partial charge < -0.3 is 4.74 Å². The molecular weight excluding hydrogens is 258 g/mol. The van der Waals surface area contributed by atoms with Crippen molar-refractivity contribution in [2.24, 2.45) is 0 Å². The van der Waals surface area contributed by atoms with Crippen molar-refractivity contribution in [2.75, 3.05) is 19.6 Å². The number of urea groups is 1. The number of aryl methyl sites for hydroxylation is 1. The van der Waals surface area contributed by atoms with E-state index in [0.717, 1.165) is 22.9 Å². The quantitative estimate of drug-likeness (QED) is 0.833. The zero-order valence-electron chi connectivity index (χ0n) is 12.5. The van der Waals surface area contributed by atoms with E-state index in [4.69, 9.17) is 9.57 Å². The molecule has 0 radical (unpaired) electrons. The Hall–Kier alpha value is -1.95. The molecule has 0 saturated heterocycles. The highest BCUT2D eigenvalue weighted by Gasteiger charge is 2.33. The van der Waals surface area contributed by atoms with E-state index in [9.17, 15) is 4.79 Å². The number of amides is 2. The molecule has 6 nitrogen and oxygen atoms in total. The summed E-state index contributed by atoms with van der Waals surface area (Å²) in [5.74, 6) is 0.801. The topological polar surface area (TPSA) is 62.8 Å². The van der Waals surface area contributed by atoms with Crippen molar-refractivity contribution in [3.63, 3.8) is 0 Å². The third-order valence-corrected chi connectivity index (χ3v) is 3.34. The lowest BCUT2D eigenvalue weighted by Crippen LogP contribution is -2.39. The van der Waals surface area contributed by atoms with Crippen LogP contribution < -0.4 is 15.6 Å². The summed E-state index contributed by atoms with van der Waals surface area (Å²) in [5.41, 5.74) is 8.32. The van der Waals surface area contributed by atoms with Gasteiger partial charge in [0, 0.05) is 19.0 Å². The first-order chi connectivity index (χ1) is 9.34. The number of hydrazine groups is 1. The predicted molar refractivity (Wildman–Crippen MR) is 76.5 cm³/mol. The molecule has 0 fully saturated rings. The molecule has 0 saturated carbocycles. The van der Waals surface area contributed by atoms with Crippen molar-refractivity contribution < 1.29 is 14.4 Å². The first-order valence-corrected chi connectivity index (χ1v) is 6.49. The highest BCUT2D eigenvalue weighted by atomic mass is 16.7. The molecule has 0 aliphatic carbocycles. The van der Waals surface area contributed by atoms with Gasteiger partial charge in [-0.25, -0.2) is 15.3 Å². The zero-order chi connectivity index (χ0) is 14.9. The number of nitrogens with one attached hydrogen (secondary N) is 2. The Bertz CT molecular complexity index is 529. The van der Waals surface area contributed by atoms with E-state index in [1.54, 1.807) is 0 Å². The van der Waals surface area contributed by atoms with Crippen LogP contribution in [0.15, 0.2) is 12.1 Å². The largest absolute Gasteiger partial charge is 0.485 e. The zero-order valence-corrected chi connectivity index (χ0v) is 12.5. The number of anilines is 1. The Morgan fingerprint density at radius 3 is 2.80 bits per heavy atom. The molecule has 1 aliphatic rings. The maximum atomic E-state index is 11.6. The van der Waals surface area contributed by atoms with Gasteiger partial charge in [0.15, 0.2) is 0 Å². The summed E-state index contributed by atoms with van der Waals surface area (Å²) in [6, 6.07) is 3.51. The number of rotatable bonds is 3. The Morgan fingerprint density at radius 1 is 1.45 bits per heavy atom. The van der Waals surface area contributed by atoms with Crippen molar-refractivity contribution in [3.05, 3.63) is 23.3 Å². The fourth-order valence-electron chi connectivity index (χ4n) is 2.18. The second-order valence-electron chi connectivity index (χ2n) is 5.51. The average Bonchev–Trinajstić information content (AvgIpc) is 2.73. The number of hydroxylamine groups is 2. The number of benzene rings is 1. The van der Waals surface area contributed by atoms with Crippen LogP contribution in [0.1, 0.15) is 25.0 Å².